The van der Waals surface area contributed by atoms with Gasteiger partial charge in [-0.3, -0.25) is 4.79 Å². The molecule has 9 heteroatoms. The number of piperazine rings is 1. The minimum Gasteiger partial charge on any atom is -0.360 e. The van der Waals surface area contributed by atoms with Crippen LogP contribution >= 0.6 is 0 Å². The molecule has 8 nitrogen and oxygen atoms in total. The van der Waals surface area contributed by atoms with Crippen molar-refractivity contribution in [3.63, 3.8) is 0 Å². The molecule has 2 aromatic heterocycles. The molecule has 0 radical (unpaired) electrons. The third kappa shape index (κ3) is 3.91. The first-order chi connectivity index (χ1) is 16.4. The summed E-state index contributed by atoms with van der Waals surface area (Å²) in [6.45, 7) is 4.86. The molecular weight excluding hydrogens is 452 g/mol. The maximum atomic E-state index is 13.6. The SMILES string of the molecule is Cc1noc(C)c1S(=O)(=O)N1CCN(C(=O)c2cc3ccccc3n2Cc2ccccc2)CC1. The van der Waals surface area contributed by atoms with Crippen molar-refractivity contribution in [2.75, 3.05) is 26.2 Å². The summed E-state index contributed by atoms with van der Waals surface area (Å²) in [5, 5.41) is 4.78. The first-order valence-electron chi connectivity index (χ1n) is 11.2. The van der Waals surface area contributed by atoms with Crippen LogP contribution in [0.1, 0.15) is 27.5 Å². The Balaban J connectivity index is 1.39. The molecule has 0 spiro atoms. The van der Waals surface area contributed by atoms with Crippen molar-refractivity contribution in [1.82, 2.24) is 18.9 Å². The maximum Gasteiger partial charge on any atom is 0.270 e. The van der Waals surface area contributed by atoms with E-state index in [0.29, 0.717) is 31.0 Å². The number of carbonyl (C=O) groups is 1. The zero-order valence-corrected chi connectivity index (χ0v) is 20.0. The van der Waals surface area contributed by atoms with Gasteiger partial charge >= 0.3 is 0 Å². The molecule has 1 aliphatic rings. The van der Waals surface area contributed by atoms with Gasteiger partial charge < -0.3 is 14.0 Å². The third-order valence-corrected chi connectivity index (χ3v) is 8.45. The molecule has 1 fully saturated rings. The number of nitrogens with zero attached hydrogens (tertiary/aromatic N) is 4. The van der Waals surface area contributed by atoms with Crippen LogP contribution in [0.25, 0.3) is 10.9 Å². The lowest BCUT2D eigenvalue weighted by Crippen LogP contribution is -2.50. The maximum absolute atomic E-state index is 13.6. The predicted octanol–water partition coefficient (Wildman–Crippen LogP) is 3.44. The molecule has 0 N–H and O–H groups in total. The molecule has 4 aromatic rings. The fourth-order valence-corrected chi connectivity index (χ4v) is 6.30. The third-order valence-electron chi connectivity index (χ3n) is 6.30. The Hall–Kier alpha value is -3.43. The van der Waals surface area contributed by atoms with E-state index in [9.17, 15) is 13.2 Å². The minimum absolute atomic E-state index is 0.0958. The number of aryl methyl sites for hydroxylation is 2. The number of para-hydroxylation sites is 1. The number of amides is 1. The second-order valence-electron chi connectivity index (χ2n) is 8.51. The lowest BCUT2D eigenvalue weighted by atomic mass is 10.2. The van der Waals surface area contributed by atoms with Gasteiger partial charge in [0.05, 0.1) is 0 Å². The number of hydrogen-bond donors (Lipinski definition) is 0. The van der Waals surface area contributed by atoms with Crippen molar-refractivity contribution >= 4 is 26.8 Å². The van der Waals surface area contributed by atoms with Gasteiger partial charge in [0.1, 0.15) is 16.3 Å². The zero-order valence-electron chi connectivity index (χ0n) is 19.1. The number of hydrogen-bond acceptors (Lipinski definition) is 5. The molecule has 0 bridgehead atoms. The van der Waals surface area contributed by atoms with E-state index in [0.717, 1.165) is 16.5 Å². The van der Waals surface area contributed by atoms with Gasteiger partial charge in [-0.05, 0) is 31.5 Å². The topological polar surface area (TPSA) is 88.7 Å². The molecular formula is C25H26N4O4S. The van der Waals surface area contributed by atoms with Crippen LogP contribution < -0.4 is 0 Å². The summed E-state index contributed by atoms with van der Waals surface area (Å²) in [4.78, 5) is 15.4. The lowest BCUT2D eigenvalue weighted by molar-refractivity contribution is 0.0688. The summed E-state index contributed by atoms with van der Waals surface area (Å²) < 4.78 is 34.8. The summed E-state index contributed by atoms with van der Waals surface area (Å²) in [5.41, 5.74) is 3.05. The highest BCUT2D eigenvalue weighted by Crippen LogP contribution is 2.26. The van der Waals surface area contributed by atoms with E-state index in [-0.39, 0.29) is 29.7 Å². The molecule has 1 saturated heterocycles. The number of aromatic nitrogens is 2. The van der Waals surface area contributed by atoms with Gasteiger partial charge in [-0.25, -0.2) is 8.42 Å². The van der Waals surface area contributed by atoms with Crippen LogP contribution in [-0.4, -0.2) is 59.4 Å². The molecule has 1 aliphatic heterocycles. The molecule has 2 aromatic carbocycles. The Bertz CT molecular complexity index is 1430. The van der Waals surface area contributed by atoms with Gasteiger partial charge in [-0.2, -0.15) is 4.31 Å². The molecule has 3 heterocycles. The van der Waals surface area contributed by atoms with Crippen molar-refractivity contribution in [3.8, 4) is 0 Å². The Morgan fingerprint density at radius 3 is 2.32 bits per heavy atom. The van der Waals surface area contributed by atoms with E-state index in [1.807, 2.05) is 65.2 Å². The van der Waals surface area contributed by atoms with Gasteiger partial charge in [0, 0.05) is 43.6 Å². The smallest absolute Gasteiger partial charge is 0.270 e. The van der Waals surface area contributed by atoms with E-state index >= 15 is 0 Å². The van der Waals surface area contributed by atoms with E-state index in [1.54, 1.807) is 18.7 Å². The minimum atomic E-state index is -3.73. The van der Waals surface area contributed by atoms with Crippen LogP contribution in [0.5, 0.6) is 0 Å². The van der Waals surface area contributed by atoms with Crippen molar-refractivity contribution in [3.05, 3.63) is 83.4 Å². The van der Waals surface area contributed by atoms with Gasteiger partial charge in [-0.1, -0.05) is 53.7 Å². The van der Waals surface area contributed by atoms with E-state index in [4.69, 9.17) is 4.52 Å². The fraction of sp³-hybridized carbons (Fsp3) is 0.280. The molecule has 0 saturated carbocycles. The van der Waals surface area contributed by atoms with Crippen LogP contribution in [0, 0.1) is 13.8 Å². The van der Waals surface area contributed by atoms with E-state index < -0.39 is 10.0 Å². The first kappa shape index (κ1) is 22.4. The second-order valence-corrected chi connectivity index (χ2v) is 10.4. The average molecular weight is 479 g/mol. The highest BCUT2D eigenvalue weighted by molar-refractivity contribution is 7.89. The number of benzene rings is 2. The molecule has 34 heavy (non-hydrogen) atoms. The largest absolute Gasteiger partial charge is 0.360 e. The van der Waals surface area contributed by atoms with Crippen molar-refractivity contribution < 1.29 is 17.7 Å². The molecule has 0 aliphatic carbocycles. The Kier molecular flexibility index (Phi) is 5.75. The van der Waals surface area contributed by atoms with Crippen LogP contribution in [0.15, 0.2) is 70.1 Å². The van der Waals surface area contributed by atoms with Gasteiger partial charge in [0.15, 0.2) is 5.76 Å². The van der Waals surface area contributed by atoms with Crippen molar-refractivity contribution in [1.29, 1.82) is 0 Å². The molecule has 1 amide bonds. The molecule has 0 atom stereocenters. The summed E-state index contributed by atoms with van der Waals surface area (Å²) in [7, 11) is -3.73. The van der Waals surface area contributed by atoms with Crippen LogP contribution in [0.3, 0.4) is 0 Å². The second kappa shape index (κ2) is 8.73. The average Bonchev–Trinajstić information content (AvgIpc) is 3.39. The predicted molar refractivity (Wildman–Crippen MR) is 128 cm³/mol. The van der Waals surface area contributed by atoms with Gasteiger partial charge in [0.25, 0.3) is 5.91 Å². The lowest BCUT2D eigenvalue weighted by Gasteiger charge is -2.34. The molecule has 5 rings (SSSR count). The number of rotatable bonds is 5. The van der Waals surface area contributed by atoms with Gasteiger partial charge in [-0.15, -0.1) is 0 Å². The number of fused-ring (bicyclic) bond motifs is 1. The van der Waals surface area contributed by atoms with Crippen LogP contribution in [0.2, 0.25) is 0 Å². The molecule has 0 unspecified atom stereocenters. The highest BCUT2D eigenvalue weighted by atomic mass is 32.2. The van der Waals surface area contributed by atoms with Crippen LogP contribution in [-0.2, 0) is 16.6 Å². The Morgan fingerprint density at radius 1 is 0.971 bits per heavy atom. The fourth-order valence-electron chi connectivity index (χ4n) is 4.59. The van der Waals surface area contributed by atoms with Crippen LogP contribution in [0.4, 0.5) is 0 Å². The summed E-state index contributed by atoms with van der Waals surface area (Å²) in [6, 6.07) is 19.9. The Morgan fingerprint density at radius 2 is 1.65 bits per heavy atom. The van der Waals surface area contributed by atoms with E-state index in [2.05, 4.69) is 5.16 Å². The van der Waals surface area contributed by atoms with Crippen molar-refractivity contribution in [2.45, 2.75) is 25.3 Å². The monoisotopic (exact) mass is 478 g/mol. The zero-order chi connectivity index (χ0) is 23.9. The number of carbonyl (C=O) groups excluding carboxylic acids is 1. The Labute approximate surface area is 198 Å². The highest BCUT2D eigenvalue weighted by Gasteiger charge is 2.35. The summed E-state index contributed by atoms with van der Waals surface area (Å²) >= 11 is 0. The summed E-state index contributed by atoms with van der Waals surface area (Å²) in [5.74, 6) is 0.183. The first-order valence-corrected chi connectivity index (χ1v) is 12.6. The van der Waals surface area contributed by atoms with E-state index in [1.165, 1.54) is 4.31 Å². The summed E-state index contributed by atoms with van der Waals surface area (Å²) in [6.07, 6.45) is 0. The normalized spacial score (nSPS) is 15.2. The number of sulfonamides is 1. The quantitative estimate of drug-likeness (QED) is 0.438. The molecule has 176 valence electrons. The van der Waals surface area contributed by atoms with Crippen molar-refractivity contribution in [2.24, 2.45) is 0 Å². The standard InChI is InChI=1S/C25H26N4O4S/c1-18-24(19(2)33-26-18)34(31,32)28-14-12-27(13-15-28)25(30)23-16-21-10-6-7-11-22(21)29(23)17-20-8-4-3-5-9-20/h3-11,16H,12-15,17H2,1-2H3. The van der Waals surface area contributed by atoms with Gasteiger partial charge in [0.2, 0.25) is 10.0 Å².